The summed E-state index contributed by atoms with van der Waals surface area (Å²) in [4.78, 5) is 2.66. The molecule has 1 aliphatic carbocycles. The maximum Gasteiger partial charge on any atom is 0.0172 e. The fourth-order valence-corrected chi connectivity index (χ4v) is 4.52. The largest absolute Gasteiger partial charge is 0.327 e. The van der Waals surface area contributed by atoms with Gasteiger partial charge in [-0.15, -0.1) is 0 Å². The Morgan fingerprint density at radius 1 is 1.41 bits per heavy atom. The van der Waals surface area contributed by atoms with Crippen molar-refractivity contribution in [1.29, 1.82) is 0 Å². The second-order valence-electron chi connectivity index (χ2n) is 6.47. The van der Waals surface area contributed by atoms with Crippen LogP contribution in [0.1, 0.15) is 40.0 Å². The van der Waals surface area contributed by atoms with Gasteiger partial charge in [-0.25, -0.2) is 0 Å². The van der Waals surface area contributed by atoms with E-state index >= 15 is 0 Å². The lowest BCUT2D eigenvalue weighted by Gasteiger charge is -2.35. The molecule has 1 saturated heterocycles. The highest BCUT2D eigenvalue weighted by atomic mass is 32.2. The van der Waals surface area contributed by atoms with Crippen LogP contribution in [0.4, 0.5) is 0 Å². The molecule has 0 aromatic rings. The Hall–Kier alpha value is 0.270. The third-order valence-electron chi connectivity index (χ3n) is 4.74. The summed E-state index contributed by atoms with van der Waals surface area (Å²) in [5.41, 5.74) is 6.77. The quantitative estimate of drug-likeness (QED) is 0.841. The van der Waals surface area contributed by atoms with Gasteiger partial charge in [0.1, 0.15) is 0 Å². The van der Waals surface area contributed by atoms with Crippen LogP contribution < -0.4 is 5.73 Å². The fourth-order valence-electron chi connectivity index (χ4n) is 3.27. The fraction of sp³-hybridized carbons (Fsp3) is 1.00. The minimum absolute atomic E-state index is 0.360. The Bertz CT molecular complexity index is 255. The molecule has 1 aliphatic heterocycles. The molecule has 3 heteroatoms. The van der Waals surface area contributed by atoms with Crippen LogP contribution in [0, 0.1) is 11.3 Å². The molecule has 100 valence electrons. The lowest BCUT2D eigenvalue weighted by atomic mass is 9.85. The molecule has 0 aromatic carbocycles. The van der Waals surface area contributed by atoms with Gasteiger partial charge in [-0.1, -0.05) is 20.8 Å². The normalized spacial score (nSPS) is 38.5. The summed E-state index contributed by atoms with van der Waals surface area (Å²) in [5, 5.41) is 0.856. The highest BCUT2D eigenvalue weighted by Gasteiger charge is 2.40. The predicted octanol–water partition coefficient (Wildman–Crippen LogP) is 2.58. The summed E-state index contributed by atoms with van der Waals surface area (Å²) in [5.74, 6) is 2.04. The number of hydrogen-bond donors (Lipinski definition) is 1. The highest BCUT2D eigenvalue weighted by Crippen LogP contribution is 2.40. The van der Waals surface area contributed by atoms with Crippen molar-refractivity contribution in [2.24, 2.45) is 17.1 Å². The SMILES string of the molecule is CCC1CN(CC2CCC(C)(C)C2N)CCS1. The zero-order valence-corrected chi connectivity index (χ0v) is 12.4. The van der Waals surface area contributed by atoms with E-state index in [4.69, 9.17) is 5.73 Å². The molecule has 17 heavy (non-hydrogen) atoms. The first-order valence-corrected chi connectivity index (χ1v) is 8.17. The Labute approximate surface area is 111 Å². The second kappa shape index (κ2) is 5.50. The molecule has 2 aliphatic rings. The zero-order valence-electron chi connectivity index (χ0n) is 11.6. The van der Waals surface area contributed by atoms with Crippen LogP contribution in [0.25, 0.3) is 0 Å². The van der Waals surface area contributed by atoms with Crippen molar-refractivity contribution in [3.8, 4) is 0 Å². The highest BCUT2D eigenvalue weighted by molar-refractivity contribution is 8.00. The third kappa shape index (κ3) is 3.18. The maximum absolute atomic E-state index is 6.41. The van der Waals surface area contributed by atoms with Crippen LogP contribution in [-0.4, -0.2) is 41.6 Å². The Kier molecular flexibility index (Phi) is 4.43. The zero-order chi connectivity index (χ0) is 12.5. The summed E-state index contributed by atoms with van der Waals surface area (Å²) in [6.07, 6.45) is 3.94. The lowest BCUT2D eigenvalue weighted by Crippen LogP contribution is -2.45. The van der Waals surface area contributed by atoms with Crippen molar-refractivity contribution in [3.05, 3.63) is 0 Å². The van der Waals surface area contributed by atoms with E-state index in [-0.39, 0.29) is 0 Å². The average molecular weight is 256 g/mol. The first kappa shape index (κ1) is 13.7. The van der Waals surface area contributed by atoms with Crippen LogP contribution in [-0.2, 0) is 0 Å². The topological polar surface area (TPSA) is 29.3 Å². The van der Waals surface area contributed by atoms with Crippen LogP contribution in [0.5, 0.6) is 0 Å². The monoisotopic (exact) mass is 256 g/mol. The number of rotatable bonds is 3. The molecule has 2 rings (SSSR count). The maximum atomic E-state index is 6.41. The average Bonchev–Trinajstić information content (AvgIpc) is 2.57. The Balaban J connectivity index is 1.85. The number of thioether (sulfide) groups is 1. The van der Waals surface area contributed by atoms with Crippen molar-refractivity contribution in [2.45, 2.75) is 51.3 Å². The number of hydrogen-bond acceptors (Lipinski definition) is 3. The molecule has 2 fully saturated rings. The van der Waals surface area contributed by atoms with E-state index in [1.54, 1.807) is 0 Å². The molecule has 1 heterocycles. The molecule has 1 saturated carbocycles. The molecule has 0 aromatic heterocycles. The summed E-state index contributed by atoms with van der Waals surface area (Å²) < 4.78 is 0. The molecule has 0 amide bonds. The summed E-state index contributed by atoms with van der Waals surface area (Å²) in [6.45, 7) is 10.8. The lowest BCUT2D eigenvalue weighted by molar-refractivity contribution is 0.208. The van der Waals surface area contributed by atoms with E-state index in [9.17, 15) is 0 Å². The molecule has 0 spiro atoms. The number of nitrogens with zero attached hydrogens (tertiary/aromatic N) is 1. The van der Waals surface area contributed by atoms with Gasteiger partial charge in [-0.2, -0.15) is 11.8 Å². The van der Waals surface area contributed by atoms with Gasteiger partial charge in [0.25, 0.3) is 0 Å². The molecule has 2 N–H and O–H groups in total. The summed E-state index contributed by atoms with van der Waals surface area (Å²) in [6, 6.07) is 0.400. The van der Waals surface area contributed by atoms with Crippen LogP contribution in [0.2, 0.25) is 0 Å². The van der Waals surface area contributed by atoms with E-state index in [0.29, 0.717) is 11.5 Å². The van der Waals surface area contributed by atoms with Crippen molar-refractivity contribution >= 4 is 11.8 Å². The molecule has 2 nitrogen and oxygen atoms in total. The standard InChI is InChI=1S/C14H28N2S/c1-4-12-10-16(7-8-17-12)9-11-5-6-14(2,3)13(11)15/h11-13H,4-10,15H2,1-3H3. The van der Waals surface area contributed by atoms with Crippen LogP contribution in [0.15, 0.2) is 0 Å². The van der Waals surface area contributed by atoms with E-state index < -0.39 is 0 Å². The molecule has 3 unspecified atom stereocenters. The predicted molar refractivity (Wildman–Crippen MR) is 77.5 cm³/mol. The third-order valence-corrected chi connectivity index (χ3v) is 6.11. The number of nitrogens with two attached hydrogens (primary N) is 1. The van der Waals surface area contributed by atoms with Crippen molar-refractivity contribution in [3.63, 3.8) is 0 Å². The molecule has 3 atom stereocenters. The van der Waals surface area contributed by atoms with Crippen LogP contribution >= 0.6 is 11.8 Å². The van der Waals surface area contributed by atoms with Crippen molar-refractivity contribution in [1.82, 2.24) is 4.90 Å². The Morgan fingerprint density at radius 2 is 2.18 bits per heavy atom. The smallest absolute Gasteiger partial charge is 0.0172 e. The van der Waals surface area contributed by atoms with Gasteiger partial charge in [0.15, 0.2) is 0 Å². The van der Waals surface area contributed by atoms with Gasteiger partial charge >= 0.3 is 0 Å². The van der Waals surface area contributed by atoms with E-state index in [1.807, 2.05) is 0 Å². The van der Waals surface area contributed by atoms with E-state index in [0.717, 1.165) is 11.2 Å². The van der Waals surface area contributed by atoms with Gasteiger partial charge in [0, 0.05) is 36.7 Å². The van der Waals surface area contributed by atoms with Crippen molar-refractivity contribution in [2.75, 3.05) is 25.4 Å². The molecule has 0 bridgehead atoms. The minimum Gasteiger partial charge on any atom is -0.327 e. The minimum atomic E-state index is 0.360. The van der Waals surface area contributed by atoms with Gasteiger partial charge < -0.3 is 10.6 Å². The van der Waals surface area contributed by atoms with Gasteiger partial charge in [0.2, 0.25) is 0 Å². The Morgan fingerprint density at radius 3 is 2.76 bits per heavy atom. The molecular formula is C14H28N2S. The summed E-state index contributed by atoms with van der Waals surface area (Å²) in [7, 11) is 0. The van der Waals surface area contributed by atoms with E-state index in [1.165, 1.54) is 44.6 Å². The van der Waals surface area contributed by atoms with Gasteiger partial charge in [-0.3, -0.25) is 0 Å². The molecule has 0 radical (unpaired) electrons. The van der Waals surface area contributed by atoms with Gasteiger partial charge in [0.05, 0.1) is 0 Å². The van der Waals surface area contributed by atoms with Crippen molar-refractivity contribution < 1.29 is 0 Å². The van der Waals surface area contributed by atoms with E-state index in [2.05, 4.69) is 37.4 Å². The first-order valence-electron chi connectivity index (χ1n) is 7.12. The first-order chi connectivity index (χ1) is 8.03. The van der Waals surface area contributed by atoms with Crippen LogP contribution in [0.3, 0.4) is 0 Å². The molecular weight excluding hydrogens is 228 g/mol. The van der Waals surface area contributed by atoms with Gasteiger partial charge in [-0.05, 0) is 30.6 Å². The second-order valence-corrected chi connectivity index (χ2v) is 7.88. The summed E-state index contributed by atoms with van der Waals surface area (Å²) >= 11 is 2.15.